The number of anilines is 2. The second kappa shape index (κ2) is 7.96. The highest BCUT2D eigenvalue weighted by molar-refractivity contribution is 5.94. The Morgan fingerprint density at radius 2 is 1.93 bits per heavy atom. The van der Waals surface area contributed by atoms with Gasteiger partial charge in [0.15, 0.2) is 0 Å². The first-order valence-electron chi connectivity index (χ1n) is 9.36. The predicted octanol–water partition coefficient (Wildman–Crippen LogP) is 1.12. The van der Waals surface area contributed by atoms with Crippen LogP contribution in [0.2, 0.25) is 0 Å². The van der Waals surface area contributed by atoms with E-state index in [-0.39, 0.29) is 23.7 Å². The van der Waals surface area contributed by atoms with Crippen LogP contribution < -0.4 is 15.1 Å². The maximum atomic E-state index is 12.8. The fourth-order valence-corrected chi connectivity index (χ4v) is 3.38. The zero-order valence-electron chi connectivity index (χ0n) is 16.6. The van der Waals surface area contributed by atoms with Gasteiger partial charge in [0.1, 0.15) is 11.5 Å². The van der Waals surface area contributed by atoms with E-state index in [0.29, 0.717) is 24.6 Å². The molecule has 1 fully saturated rings. The first-order chi connectivity index (χ1) is 14.0. The van der Waals surface area contributed by atoms with E-state index >= 15 is 0 Å². The molecule has 0 radical (unpaired) electrons. The first kappa shape index (κ1) is 19.0. The maximum Gasteiger partial charge on any atom is 0.271 e. The van der Waals surface area contributed by atoms with Crippen LogP contribution in [0, 0.1) is 0 Å². The largest absolute Gasteiger partial charge is 0.377 e. The van der Waals surface area contributed by atoms with Gasteiger partial charge in [-0.3, -0.25) is 9.78 Å². The van der Waals surface area contributed by atoms with Crippen LogP contribution in [0.15, 0.2) is 42.7 Å². The smallest absolute Gasteiger partial charge is 0.271 e. The Hall–Kier alpha value is -3.33. The monoisotopic (exact) mass is 393 g/mol. The van der Waals surface area contributed by atoms with Gasteiger partial charge in [-0.1, -0.05) is 12.1 Å². The van der Waals surface area contributed by atoms with Gasteiger partial charge in [0.2, 0.25) is 5.95 Å². The lowest BCUT2D eigenvalue weighted by atomic mass is 10.2. The third-order valence-electron chi connectivity index (χ3n) is 4.92. The average molecular weight is 393 g/mol. The molecule has 150 valence electrons. The number of carbonyl (C=O) groups excluding carboxylic acids is 1. The molecule has 1 aliphatic heterocycles. The lowest BCUT2D eigenvalue weighted by Gasteiger charge is -2.19. The van der Waals surface area contributed by atoms with Gasteiger partial charge in [-0.15, -0.1) is 0 Å². The Labute approximate surface area is 168 Å². The summed E-state index contributed by atoms with van der Waals surface area (Å²) in [4.78, 5) is 34.3. The third kappa shape index (κ3) is 3.95. The van der Waals surface area contributed by atoms with E-state index < -0.39 is 0 Å². The number of methoxy groups -OCH3 is 1. The minimum absolute atomic E-state index is 0.162. The molecule has 9 nitrogen and oxygen atoms in total. The maximum absolute atomic E-state index is 12.8. The summed E-state index contributed by atoms with van der Waals surface area (Å²) >= 11 is 0. The Balaban J connectivity index is 1.50. The molecule has 2 atom stereocenters. The number of benzene rings is 1. The van der Waals surface area contributed by atoms with Crippen molar-refractivity contribution in [1.29, 1.82) is 0 Å². The predicted molar refractivity (Wildman–Crippen MR) is 110 cm³/mol. The normalized spacial score (nSPS) is 18.8. The molecule has 0 unspecified atom stereocenters. The fraction of sp³-hybridized carbons (Fsp3) is 0.350. The van der Waals surface area contributed by atoms with Crippen molar-refractivity contribution in [2.45, 2.75) is 12.1 Å². The number of nitrogens with one attached hydrogen (secondary N) is 1. The zero-order valence-corrected chi connectivity index (χ0v) is 16.6. The number of ether oxygens (including phenoxy) is 1. The number of carbonyl (C=O) groups is 1. The van der Waals surface area contributed by atoms with Crippen LogP contribution in [0.25, 0.3) is 11.0 Å². The Bertz CT molecular complexity index is 1030. The summed E-state index contributed by atoms with van der Waals surface area (Å²) in [5, 5.41) is 3.04. The summed E-state index contributed by atoms with van der Waals surface area (Å²) in [5.74, 6) is 1.16. The van der Waals surface area contributed by atoms with Crippen molar-refractivity contribution < 1.29 is 9.53 Å². The average Bonchev–Trinajstić information content (AvgIpc) is 3.16. The van der Waals surface area contributed by atoms with Crippen molar-refractivity contribution in [2.75, 3.05) is 44.1 Å². The summed E-state index contributed by atoms with van der Waals surface area (Å²) in [5.41, 5.74) is 1.73. The molecule has 29 heavy (non-hydrogen) atoms. The van der Waals surface area contributed by atoms with E-state index in [2.05, 4.69) is 30.2 Å². The van der Waals surface area contributed by atoms with Crippen LogP contribution in [-0.4, -0.2) is 72.3 Å². The van der Waals surface area contributed by atoms with Gasteiger partial charge in [-0.25, -0.2) is 9.97 Å². The molecular weight excluding hydrogens is 370 g/mol. The lowest BCUT2D eigenvalue weighted by molar-refractivity contribution is 0.0778. The van der Waals surface area contributed by atoms with Crippen molar-refractivity contribution >= 4 is 28.7 Å². The third-order valence-corrected chi connectivity index (χ3v) is 4.92. The van der Waals surface area contributed by atoms with Gasteiger partial charge in [-0.05, 0) is 18.2 Å². The molecule has 2 aromatic heterocycles. The molecule has 1 N–H and O–H groups in total. The number of hydrogen-bond donors (Lipinski definition) is 1. The Morgan fingerprint density at radius 3 is 2.69 bits per heavy atom. The Kier molecular flexibility index (Phi) is 5.22. The molecule has 0 saturated carbocycles. The summed E-state index contributed by atoms with van der Waals surface area (Å²) in [7, 11) is 5.44. The minimum Gasteiger partial charge on any atom is -0.377 e. The topological polar surface area (TPSA) is 96.4 Å². The van der Waals surface area contributed by atoms with Crippen molar-refractivity contribution in [2.24, 2.45) is 0 Å². The molecule has 4 rings (SSSR count). The van der Waals surface area contributed by atoms with Crippen LogP contribution >= 0.6 is 0 Å². The second-order valence-corrected chi connectivity index (χ2v) is 7.11. The van der Waals surface area contributed by atoms with E-state index in [1.165, 1.54) is 6.20 Å². The van der Waals surface area contributed by atoms with Crippen LogP contribution in [0.5, 0.6) is 0 Å². The molecule has 1 amide bonds. The molecule has 0 spiro atoms. The number of aromatic nitrogens is 4. The molecule has 1 aliphatic rings. The fourth-order valence-electron chi connectivity index (χ4n) is 3.38. The molecular formula is C20H23N7O2. The number of fused-ring (bicyclic) bond motifs is 1. The van der Waals surface area contributed by atoms with Gasteiger partial charge in [-0.2, -0.15) is 4.98 Å². The van der Waals surface area contributed by atoms with Crippen LogP contribution in [-0.2, 0) is 4.74 Å². The standard InChI is InChI=1S/C20H23N7O2/c1-26(2)20-21-9-8-18(25-20)27-11-16(17(12-27)29-3)24-19(28)15-10-22-13-6-4-5-7-14(13)23-15/h4-10,16-17H,11-12H2,1-3H3,(H,24,28)/t16-,17+/m0/s1. The molecule has 3 aromatic rings. The van der Waals surface area contributed by atoms with Crippen molar-refractivity contribution in [1.82, 2.24) is 25.3 Å². The van der Waals surface area contributed by atoms with E-state index in [4.69, 9.17) is 4.74 Å². The Morgan fingerprint density at radius 1 is 1.14 bits per heavy atom. The number of rotatable bonds is 5. The number of hydrogen-bond acceptors (Lipinski definition) is 8. The highest BCUT2D eigenvalue weighted by atomic mass is 16.5. The molecule has 1 saturated heterocycles. The number of para-hydroxylation sites is 2. The summed E-state index contributed by atoms with van der Waals surface area (Å²) in [6, 6.07) is 9.13. The van der Waals surface area contributed by atoms with Crippen LogP contribution in [0.3, 0.4) is 0 Å². The number of nitrogens with zero attached hydrogens (tertiary/aromatic N) is 6. The summed E-state index contributed by atoms with van der Waals surface area (Å²) in [6.07, 6.45) is 3.07. The minimum atomic E-state index is -0.270. The number of amides is 1. The van der Waals surface area contributed by atoms with E-state index in [1.54, 1.807) is 13.3 Å². The van der Waals surface area contributed by atoms with Crippen LogP contribution in [0.1, 0.15) is 10.5 Å². The summed E-state index contributed by atoms with van der Waals surface area (Å²) < 4.78 is 5.61. The van der Waals surface area contributed by atoms with E-state index in [0.717, 1.165) is 11.3 Å². The van der Waals surface area contributed by atoms with E-state index in [9.17, 15) is 4.79 Å². The lowest BCUT2D eigenvalue weighted by Crippen LogP contribution is -2.43. The first-order valence-corrected chi connectivity index (χ1v) is 9.36. The van der Waals surface area contributed by atoms with Gasteiger partial charge in [0.25, 0.3) is 5.91 Å². The zero-order chi connectivity index (χ0) is 20.4. The molecule has 0 bridgehead atoms. The van der Waals surface area contributed by atoms with Gasteiger partial charge in [0, 0.05) is 40.5 Å². The SMILES string of the molecule is CO[C@@H]1CN(c2ccnc(N(C)C)n2)C[C@@H]1NC(=O)c1cnc2ccccc2n1. The highest BCUT2D eigenvalue weighted by Gasteiger charge is 2.35. The van der Waals surface area contributed by atoms with Crippen LogP contribution in [0.4, 0.5) is 11.8 Å². The quantitative estimate of drug-likeness (QED) is 0.689. The van der Waals surface area contributed by atoms with E-state index in [1.807, 2.05) is 49.3 Å². The van der Waals surface area contributed by atoms with Crippen molar-refractivity contribution in [3.63, 3.8) is 0 Å². The van der Waals surface area contributed by atoms with Gasteiger partial charge in [0.05, 0.1) is 29.4 Å². The molecule has 1 aromatic carbocycles. The van der Waals surface area contributed by atoms with Gasteiger partial charge >= 0.3 is 0 Å². The van der Waals surface area contributed by atoms with Crippen molar-refractivity contribution in [3.05, 3.63) is 48.4 Å². The molecule has 0 aliphatic carbocycles. The molecule has 3 heterocycles. The summed E-state index contributed by atoms with van der Waals surface area (Å²) in [6.45, 7) is 1.20. The van der Waals surface area contributed by atoms with Crippen molar-refractivity contribution in [3.8, 4) is 0 Å². The van der Waals surface area contributed by atoms with Gasteiger partial charge < -0.3 is 19.9 Å². The highest BCUT2D eigenvalue weighted by Crippen LogP contribution is 2.21. The molecule has 9 heteroatoms. The second-order valence-electron chi connectivity index (χ2n) is 7.11.